The fraction of sp³-hybridized carbons (Fsp3) is 0.320. The summed E-state index contributed by atoms with van der Waals surface area (Å²) in [7, 11) is -3.60. The molecule has 1 aliphatic rings. The third kappa shape index (κ3) is 5.18. The molecule has 2 aromatic carbocycles. The summed E-state index contributed by atoms with van der Waals surface area (Å²) in [4.78, 5) is 14.4. The molecule has 0 bridgehead atoms. The zero-order valence-corrected chi connectivity index (χ0v) is 20.3. The van der Waals surface area contributed by atoms with E-state index in [4.69, 9.17) is 0 Å². The maximum absolute atomic E-state index is 13.4. The van der Waals surface area contributed by atoms with Crippen molar-refractivity contribution in [1.82, 2.24) is 9.62 Å². The molecule has 0 spiro atoms. The lowest BCUT2D eigenvalue weighted by molar-refractivity contribution is -0.126. The summed E-state index contributed by atoms with van der Waals surface area (Å²) in [6.07, 6.45) is 0.910. The molecule has 0 saturated carbocycles. The van der Waals surface area contributed by atoms with E-state index in [1.165, 1.54) is 27.8 Å². The Balaban J connectivity index is 1.44. The van der Waals surface area contributed by atoms with Crippen LogP contribution in [0.25, 0.3) is 0 Å². The smallest absolute Gasteiger partial charge is 0.243 e. The normalized spacial score (nSPS) is 16.5. The van der Waals surface area contributed by atoms with Gasteiger partial charge >= 0.3 is 0 Å². The molecule has 8 heteroatoms. The first kappa shape index (κ1) is 23.6. The number of halogens is 1. The molecule has 1 fully saturated rings. The minimum absolute atomic E-state index is 0.110. The molecule has 0 unspecified atom stereocenters. The van der Waals surface area contributed by atoms with Crippen molar-refractivity contribution in [2.24, 2.45) is 5.92 Å². The standard InChI is InChI=1S/C25H27FN2O3S2/c1-17-5-10-23(18(2)16-17)33(30,31)28-13-11-20(12-14-28)25(29)27-24(22-4-3-15-32-22)19-6-8-21(26)9-7-19/h3-10,15-16,20,24H,11-14H2,1-2H3,(H,27,29)/t24-/m1/s1. The van der Waals surface area contributed by atoms with Gasteiger partial charge in [-0.3, -0.25) is 4.79 Å². The van der Waals surface area contributed by atoms with E-state index in [1.54, 1.807) is 31.2 Å². The average Bonchev–Trinajstić information content (AvgIpc) is 3.32. The van der Waals surface area contributed by atoms with Gasteiger partial charge in [-0.15, -0.1) is 11.3 Å². The molecule has 5 nitrogen and oxygen atoms in total. The number of rotatable bonds is 6. The van der Waals surface area contributed by atoms with Crippen LogP contribution in [0.4, 0.5) is 4.39 Å². The molecule has 1 saturated heterocycles. The Kier molecular flexibility index (Phi) is 6.97. The molecule has 1 amide bonds. The van der Waals surface area contributed by atoms with Crippen molar-refractivity contribution >= 4 is 27.3 Å². The highest BCUT2D eigenvalue weighted by Crippen LogP contribution is 2.29. The first-order valence-electron chi connectivity index (χ1n) is 10.9. The third-order valence-corrected chi connectivity index (χ3v) is 9.09. The maximum Gasteiger partial charge on any atom is 0.243 e. The second kappa shape index (κ2) is 9.75. The first-order valence-corrected chi connectivity index (χ1v) is 13.2. The van der Waals surface area contributed by atoms with Crippen LogP contribution >= 0.6 is 11.3 Å². The Morgan fingerprint density at radius 1 is 1.09 bits per heavy atom. The summed E-state index contributed by atoms with van der Waals surface area (Å²) in [6.45, 7) is 4.34. The summed E-state index contributed by atoms with van der Waals surface area (Å²) >= 11 is 1.53. The molecule has 2 heterocycles. The molecular formula is C25H27FN2O3S2. The van der Waals surface area contributed by atoms with Crippen molar-refractivity contribution < 1.29 is 17.6 Å². The number of benzene rings is 2. The first-order chi connectivity index (χ1) is 15.8. The van der Waals surface area contributed by atoms with Crippen molar-refractivity contribution in [3.63, 3.8) is 0 Å². The minimum Gasteiger partial charge on any atom is -0.344 e. The third-order valence-electron chi connectivity index (χ3n) is 6.09. The average molecular weight is 487 g/mol. The predicted octanol–water partition coefficient (Wildman–Crippen LogP) is 4.81. The van der Waals surface area contributed by atoms with Gasteiger partial charge in [0.15, 0.2) is 0 Å². The zero-order valence-electron chi connectivity index (χ0n) is 18.6. The number of aryl methyl sites for hydroxylation is 2. The largest absolute Gasteiger partial charge is 0.344 e. The summed E-state index contributed by atoms with van der Waals surface area (Å²) in [5, 5.41) is 5.05. The van der Waals surface area contributed by atoms with Crippen molar-refractivity contribution in [1.29, 1.82) is 0 Å². The number of carbonyl (C=O) groups excluding carboxylic acids is 1. The van der Waals surface area contributed by atoms with Gasteiger partial charge in [-0.2, -0.15) is 4.31 Å². The van der Waals surface area contributed by atoms with Crippen molar-refractivity contribution in [2.75, 3.05) is 13.1 Å². The van der Waals surface area contributed by atoms with E-state index in [0.717, 1.165) is 21.6 Å². The summed E-state index contributed by atoms with van der Waals surface area (Å²) in [5.74, 6) is -0.716. The molecule has 174 valence electrons. The van der Waals surface area contributed by atoms with Gasteiger partial charge in [0.1, 0.15) is 5.82 Å². The quantitative estimate of drug-likeness (QED) is 0.544. The highest BCUT2D eigenvalue weighted by atomic mass is 32.2. The number of hydrogen-bond donors (Lipinski definition) is 1. The Morgan fingerprint density at radius 3 is 2.39 bits per heavy atom. The zero-order chi connectivity index (χ0) is 23.6. The van der Waals surface area contributed by atoms with Gasteiger partial charge in [0, 0.05) is 23.9 Å². The SMILES string of the molecule is Cc1ccc(S(=O)(=O)N2CCC(C(=O)N[C@H](c3ccc(F)cc3)c3cccs3)CC2)c(C)c1. The predicted molar refractivity (Wildman–Crippen MR) is 128 cm³/mol. The minimum atomic E-state index is -3.60. The number of amides is 1. The molecule has 1 atom stereocenters. The molecular weight excluding hydrogens is 459 g/mol. The fourth-order valence-corrected chi connectivity index (χ4v) is 6.75. The molecule has 0 radical (unpaired) electrons. The highest BCUT2D eigenvalue weighted by Gasteiger charge is 2.33. The van der Waals surface area contributed by atoms with Gasteiger partial charge in [0.05, 0.1) is 10.9 Å². The molecule has 33 heavy (non-hydrogen) atoms. The maximum atomic E-state index is 13.4. The lowest BCUT2D eigenvalue weighted by atomic mass is 9.96. The molecule has 4 rings (SSSR count). The van der Waals surface area contributed by atoms with Gasteiger partial charge < -0.3 is 5.32 Å². The fourth-order valence-electron chi connectivity index (χ4n) is 4.28. The van der Waals surface area contributed by atoms with Gasteiger partial charge in [-0.1, -0.05) is 35.9 Å². The number of thiophene rings is 1. The lowest BCUT2D eigenvalue weighted by Gasteiger charge is -2.32. The van der Waals surface area contributed by atoms with Crippen LogP contribution in [-0.4, -0.2) is 31.7 Å². The Morgan fingerprint density at radius 2 is 1.79 bits per heavy atom. The van der Waals surface area contributed by atoms with Crippen LogP contribution in [0.5, 0.6) is 0 Å². The van der Waals surface area contributed by atoms with E-state index >= 15 is 0 Å². The van der Waals surface area contributed by atoms with Crippen LogP contribution in [0.3, 0.4) is 0 Å². The summed E-state index contributed by atoms with van der Waals surface area (Å²) < 4.78 is 41.2. The highest BCUT2D eigenvalue weighted by molar-refractivity contribution is 7.89. The molecule has 0 aliphatic carbocycles. The van der Waals surface area contributed by atoms with Crippen LogP contribution in [0, 0.1) is 25.6 Å². The summed E-state index contributed by atoms with van der Waals surface area (Å²) in [5.41, 5.74) is 2.55. The van der Waals surface area contributed by atoms with E-state index in [1.807, 2.05) is 30.5 Å². The van der Waals surface area contributed by atoms with E-state index in [-0.39, 0.29) is 23.7 Å². The number of nitrogens with zero attached hydrogens (tertiary/aromatic N) is 1. The summed E-state index contributed by atoms with van der Waals surface area (Å²) in [6, 6.07) is 15.0. The van der Waals surface area contributed by atoms with E-state index < -0.39 is 10.0 Å². The van der Waals surface area contributed by atoms with Gasteiger partial charge in [-0.25, -0.2) is 12.8 Å². The number of piperidine rings is 1. The second-order valence-corrected chi connectivity index (χ2v) is 11.3. The monoisotopic (exact) mass is 486 g/mol. The van der Waals surface area contributed by atoms with Crippen LogP contribution < -0.4 is 5.32 Å². The number of carbonyl (C=O) groups is 1. The van der Waals surface area contributed by atoms with Gasteiger partial charge in [0.2, 0.25) is 15.9 Å². The van der Waals surface area contributed by atoms with E-state index in [9.17, 15) is 17.6 Å². The van der Waals surface area contributed by atoms with Crippen LogP contribution in [-0.2, 0) is 14.8 Å². The molecule has 1 N–H and O–H groups in total. The van der Waals surface area contributed by atoms with Crippen LogP contribution in [0.1, 0.15) is 40.5 Å². The lowest BCUT2D eigenvalue weighted by Crippen LogP contribution is -2.43. The van der Waals surface area contributed by atoms with Crippen molar-refractivity contribution in [3.05, 3.63) is 87.4 Å². The molecule has 1 aliphatic heterocycles. The molecule has 3 aromatic rings. The number of hydrogen-bond acceptors (Lipinski definition) is 4. The van der Waals surface area contributed by atoms with Crippen LogP contribution in [0.15, 0.2) is 64.9 Å². The Labute approximate surface area is 198 Å². The number of sulfonamides is 1. The Hall–Kier alpha value is -2.55. The second-order valence-electron chi connectivity index (χ2n) is 8.46. The van der Waals surface area contributed by atoms with Crippen LogP contribution in [0.2, 0.25) is 0 Å². The molecule has 1 aromatic heterocycles. The Bertz CT molecular complexity index is 1220. The van der Waals surface area contributed by atoms with E-state index in [2.05, 4.69) is 5.32 Å². The van der Waals surface area contributed by atoms with Gasteiger partial charge in [-0.05, 0) is 67.5 Å². The topological polar surface area (TPSA) is 66.5 Å². The van der Waals surface area contributed by atoms with Crippen molar-refractivity contribution in [3.8, 4) is 0 Å². The van der Waals surface area contributed by atoms with E-state index in [0.29, 0.717) is 30.8 Å². The van der Waals surface area contributed by atoms with Gasteiger partial charge in [0.25, 0.3) is 0 Å². The number of nitrogens with one attached hydrogen (secondary N) is 1. The van der Waals surface area contributed by atoms with Crippen molar-refractivity contribution in [2.45, 2.75) is 37.6 Å².